The Kier molecular flexibility index (Phi) is 5.47. The Hall–Kier alpha value is -3.67. The van der Waals surface area contributed by atoms with Crippen LogP contribution in [-0.2, 0) is 4.79 Å². The maximum absolute atomic E-state index is 12.3. The molecular weight excluding hydrogens is 344 g/mol. The highest BCUT2D eigenvalue weighted by Crippen LogP contribution is 2.29. The van der Waals surface area contributed by atoms with Gasteiger partial charge in [-0.3, -0.25) is 14.9 Å². The van der Waals surface area contributed by atoms with Crippen molar-refractivity contribution < 1.29 is 14.5 Å². The van der Waals surface area contributed by atoms with Gasteiger partial charge in [-0.05, 0) is 30.2 Å². The molecule has 6 heteroatoms. The molecule has 27 heavy (non-hydrogen) atoms. The van der Waals surface area contributed by atoms with Crippen molar-refractivity contribution >= 4 is 17.3 Å². The molecule has 0 fully saturated rings. The average molecular weight is 362 g/mol. The molecule has 136 valence electrons. The van der Waals surface area contributed by atoms with Gasteiger partial charge in [0.1, 0.15) is 0 Å². The summed E-state index contributed by atoms with van der Waals surface area (Å²) in [6.07, 6.45) is 0. The molecule has 0 aliphatic heterocycles. The minimum Gasteiger partial charge on any atom is -0.477 e. The number of amides is 1. The van der Waals surface area contributed by atoms with E-state index in [-0.39, 0.29) is 18.0 Å². The van der Waals surface area contributed by atoms with Gasteiger partial charge in [0, 0.05) is 17.3 Å². The molecule has 3 rings (SSSR count). The Morgan fingerprint density at radius 3 is 2.48 bits per heavy atom. The zero-order chi connectivity index (χ0) is 19.2. The lowest BCUT2D eigenvalue weighted by atomic mass is 10.0. The van der Waals surface area contributed by atoms with Crippen LogP contribution in [0.25, 0.3) is 11.1 Å². The maximum atomic E-state index is 12.3. The van der Waals surface area contributed by atoms with Crippen molar-refractivity contribution in [2.75, 3.05) is 11.9 Å². The summed E-state index contributed by atoms with van der Waals surface area (Å²) in [6.45, 7) is 1.47. The second-order valence-electron chi connectivity index (χ2n) is 5.98. The quantitative estimate of drug-likeness (QED) is 0.514. The zero-order valence-electron chi connectivity index (χ0n) is 14.7. The van der Waals surface area contributed by atoms with Crippen LogP contribution in [0.3, 0.4) is 0 Å². The van der Waals surface area contributed by atoms with Crippen molar-refractivity contribution in [2.45, 2.75) is 6.92 Å². The minimum absolute atomic E-state index is 0.0755. The van der Waals surface area contributed by atoms with Crippen molar-refractivity contribution in [3.8, 4) is 16.9 Å². The average Bonchev–Trinajstić information content (AvgIpc) is 2.67. The molecule has 3 aromatic rings. The number of nitrogens with one attached hydrogen (secondary N) is 1. The number of benzene rings is 3. The lowest BCUT2D eigenvalue weighted by molar-refractivity contribution is -0.385. The number of rotatable bonds is 6. The molecule has 0 radical (unpaired) electrons. The Morgan fingerprint density at radius 1 is 1.04 bits per heavy atom. The number of hydrogen-bond acceptors (Lipinski definition) is 4. The van der Waals surface area contributed by atoms with Crippen LogP contribution in [0.1, 0.15) is 5.56 Å². The van der Waals surface area contributed by atoms with E-state index in [0.29, 0.717) is 5.69 Å². The summed E-state index contributed by atoms with van der Waals surface area (Å²) >= 11 is 0. The van der Waals surface area contributed by atoms with Crippen LogP contribution in [0, 0.1) is 17.0 Å². The summed E-state index contributed by atoms with van der Waals surface area (Å²) < 4.78 is 5.41. The van der Waals surface area contributed by atoms with Gasteiger partial charge in [-0.2, -0.15) is 0 Å². The first-order valence-electron chi connectivity index (χ1n) is 8.37. The predicted octanol–water partition coefficient (Wildman–Crippen LogP) is 4.59. The number of para-hydroxylation sites is 1. The van der Waals surface area contributed by atoms with Gasteiger partial charge < -0.3 is 10.1 Å². The van der Waals surface area contributed by atoms with Gasteiger partial charge in [0.15, 0.2) is 12.4 Å². The first-order valence-corrected chi connectivity index (χ1v) is 8.37. The summed E-state index contributed by atoms with van der Waals surface area (Å²) in [4.78, 5) is 22.9. The van der Waals surface area contributed by atoms with E-state index >= 15 is 0 Å². The Bertz CT molecular complexity index is 971. The molecule has 1 N–H and O–H groups in total. The van der Waals surface area contributed by atoms with Crippen molar-refractivity contribution in [1.29, 1.82) is 0 Å². The predicted molar refractivity (Wildman–Crippen MR) is 104 cm³/mol. The van der Waals surface area contributed by atoms with Gasteiger partial charge >= 0.3 is 5.69 Å². The fourth-order valence-electron chi connectivity index (χ4n) is 2.68. The second-order valence-corrected chi connectivity index (χ2v) is 5.98. The van der Waals surface area contributed by atoms with Crippen LogP contribution in [0.15, 0.2) is 72.8 Å². The number of carbonyl (C=O) groups excluding carboxylic acids is 1. The van der Waals surface area contributed by atoms with E-state index in [1.54, 1.807) is 25.1 Å². The van der Waals surface area contributed by atoms with Gasteiger partial charge in [-0.1, -0.05) is 54.6 Å². The number of nitro groups is 1. The highest BCUT2D eigenvalue weighted by molar-refractivity contribution is 5.96. The molecule has 0 aliphatic carbocycles. The van der Waals surface area contributed by atoms with Crippen LogP contribution in [-0.4, -0.2) is 17.4 Å². The van der Waals surface area contributed by atoms with E-state index in [1.165, 1.54) is 6.07 Å². The normalized spacial score (nSPS) is 10.3. The maximum Gasteiger partial charge on any atom is 0.310 e. The molecule has 0 saturated heterocycles. The number of hydrogen-bond donors (Lipinski definition) is 1. The molecular formula is C21H18N2O4. The Labute approximate surface area is 156 Å². The van der Waals surface area contributed by atoms with E-state index in [0.717, 1.165) is 16.7 Å². The summed E-state index contributed by atoms with van der Waals surface area (Å²) in [7, 11) is 0. The first-order chi connectivity index (χ1) is 13.0. The molecule has 0 bridgehead atoms. The van der Waals surface area contributed by atoms with Gasteiger partial charge in [-0.15, -0.1) is 0 Å². The zero-order valence-corrected chi connectivity index (χ0v) is 14.7. The van der Waals surface area contributed by atoms with Crippen LogP contribution < -0.4 is 10.1 Å². The number of carbonyl (C=O) groups is 1. The second kappa shape index (κ2) is 8.14. The molecule has 0 aliphatic rings. The third kappa shape index (κ3) is 4.49. The van der Waals surface area contributed by atoms with Crippen LogP contribution in [0.4, 0.5) is 11.4 Å². The SMILES string of the molecule is Cc1ccc([N+](=O)[O-])c(OCC(=O)Nc2ccccc2-c2ccccc2)c1. The number of anilines is 1. The molecule has 0 aromatic heterocycles. The number of nitro benzene ring substituents is 1. The number of ether oxygens (including phenoxy) is 1. The van der Waals surface area contributed by atoms with Crippen molar-refractivity contribution in [2.24, 2.45) is 0 Å². The largest absolute Gasteiger partial charge is 0.477 e. The lowest BCUT2D eigenvalue weighted by Gasteiger charge is -2.12. The molecule has 0 saturated carbocycles. The monoisotopic (exact) mass is 362 g/mol. The van der Waals surface area contributed by atoms with Crippen LogP contribution >= 0.6 is 0 Å². The molecule has 0 spiro atoms. The van der Waals surface area contributed by atoms with Gasteiger partial charge in [0.2, 0.25) is 0 Å². The summed E-state index contributed by atoms with van der Waals surface area (Å²) in [5.41, 5.74) is 3.15. The molecule has 1 amide bonds. The topological polar surface area (TPSA) is 81.5 Å². The van der Waals surface area contributed by atoms with Crippen molar-refractivity contribution in [3.05, 3.63) is 88.5 Å². The highest BCUT2D eigenvalue weighted by atomic mass is 16.6. The van der Waals surface area contributed by atoms with Crippen molar-refractivity contribution in [3.63, 3.8) is 0 Å². The van der Waals surface area contributed by atoms with E-state index in [9.17, 15) is 14.9 Å². The van der Waals surface area contributed by atoms with E-state index in [1.807, 2.05) is 48.5 Å². The standard InChI is InChI=1S/C21H18N2O4/c1-15-11-12-19(23(25)26)20(13-15)27-14-21(24)22-18-10-6-5-9-17(18)16-7-3-2-4-8-16/h2-13H,14H2,1H3,(H,22,24). The molecule has 6 nitrogen and oxygen atoms in total. The molecule has 0 atom stereocenters. The fourth-order valence-corrected chi connectivity index (χ4v) is 2.68. The lowest BCUT2D eigenvalue weighted by Crippen LogP contribution is -2.20. The first kappa shape index (κ1) is 18.1. The smallest absolute Gasteiger partial charge is 0.310 e. The third-order valence-electron chi connectivity index (χ3n) is 3.96. The third-order valence-corrected chi connectivity index (χ3v) is 3.96. The Balaban J connectivity index is 1.73. The minimum atomic E-state index is -0.530. The summed E-state index contributed by atoms with van der Waals surface area (Å²) in [6, 6.07) is 21.7. The molecule has 0 unspecified atom stereocenters. The summed E-state index contributed by atoms with van der Waals surface area (Å²) in [5, 5.41) is 13.9. The highest BCUT2D eigenvalue weighted by Gasteiger charge is 2.16. The Morgan fingerprint density at radius 2 is 1.74 bits per heavy atom. The van der Waals surface area contributed by atoms with Gasteiger partial charge in [-0.25, -0.2) is 0 Å². The van der Waals surface area contributed by atoms with E-state index in [2.05, 4.69) is 5.32 Å². The van der Waals surface area contributed by atoms with Crippen LogP contribution in [0.2, 0.25) is 0 Å². The number of nitrogens with zero attached hydrogens (tertiary/aromatic N) is 1. The van der Waals surface area contributed by atoms with Crippen molar-refractivity contribution in [1.82, 2.24) is 0 Å². The van der Waals surface area contributed by atoms with E-state index in [4.69, 9.17) is 4.74 Å². The van der Waals surface area contributed by atoms with Crippen LogP contribution in [0.5, 0.6) is 5.75 Å². The molecule has 0 heterocycles. The molecule has 3 aromatic carbocycles. The number of aryl methyl sites for hydroxylation is 1. The van der Waals surface area contributed by atoms with Gasteiger partial charge in [0.05, 0.1) is 4.92 Å². The van der Waals surface area contributed by atoms with E-state index < -0.39 is 10.8 Å². The van der Waals surface area contributed by atoms with Gasteiger partial charge in [0.25, 0.3) is 5.91 Å². The fraction of sp³-hybridized carbons (Fsp3) is 0.0952. The summed E-state index contributed by atoms with van der Waals surface area (Å²) in [5.74, 6) is -0.319.